The van der Waals surface area contributed by atoms with Gasteiger partial charge in [-0.25, -0.2) is 27.9 Å². The number of nitrogen functional groups attached to an aromatic ring is 1. The Morgan fingerprint density at radius 2 is 1.65 bits per heavy atom. The van der Waals surface area contributed by atoms with Crippen LogP contribution in [-0.2, 0) is 22.4 Å². The van der Waals surface area contributed by atoms with Crippen molar-refractivity contribution in [1.29, 1.82) is 0 Å². The fourth-order valence-electron chi connectivity index (χ4n) is 2.79. The number of benzene rings is 1. The van der Waals surface area contributed by atoms with Gasteiger partial charge < -0.3 is 10.8 Å². The van der Waals surface area contributed by atoms with E-state index in [4.69, 9.17) is 27.6 Å². The van der Waals surface area contributed by atoms with Crippen LogP contribution in [0.4, 0.5) is 32.0 Å². The molecule has 0 unspecified atom stereocenters. The zero-order valence-corrected chi connectivity index (χ0v) is 20.1. The van der Waals surface area contributed by atoms with Gasteiger partial charge in [-0.3, -0.25) is 0 Å². The van der Waals surface area contributed by atoms with Crippen LogP contribution in [0, 0.1) is 0 Å². The van der Waals surface area contributed by atoms with Gasteiger partial charge in [0, 0.05) is 5.56 Å². The first kappa shape index (κ1) is 28.2. The Hall–Kier alpha value is -3.41. The summed E-state index contributed by atoms with van der Waals surface area (Å²) in [6.07, 6.45) is -8.77. The van der Waals surface area contributed by atoms with Gasteiger partial charge >= 0.3 is 18.3 Å². The molecule has 0 aliphatic carbocycles. The second-order valence-electron chi connectivity index (χ2n) is 7.04. The van der Waals surface area contributed by atoms with Gasteiger partial charge in [0.2, 0.25) is 10.0 Å². The number of carboxylic acid groups (broad SMARTS) is 1. The smallest absolute Gasteiger partial charge is 0.433 e. The van der Waals surface area contributed by atoms with Crippen molar-refractivity contribution in [2.24, 2.45) is 5.14 Å². The van der Waals surface area contributed by atoms with Crippen LogP contribution in [0.1, 0.15) is 21.6 Å². The summed E-state index contributed by atoms with van der Waals surface area (Å²) in [5.74, 6) is -1.54. The number of halogens is 7. The first-order chi connectivity index (χ1) is 16.9. The molecule has 0 saturated carbocycles. The summed E-state index contributed by atoms with van der Waals surface area (Å²) in [6, 6.07) is 5.14. The van der Waals surface area contributed by atoms with Crippen LogP contribution in [0.15, 0.2) is 46.8 Å². The van der Waals surface area contributed by atoms with E-state index >= 15 is 0 Å². The molecule has 0 aliphatic heterocycles. The van der Waals surface area contributed by atoms with Gasteiger partial charge in [-0.15, -0.1) is 11.3 Å². The second kappa shape index (κ2) is 9.81. The molecule has 0 fully saturated rings. The number of carboxylic acids is 1. The van der Waals surface area contributed by atoms with Gasteiger partial charge in [-0.1, -0.05) is 23.7 Å². The number of aromatic carboxylic acids is 1. The largest absolute Gasteiger partial charge is 0.477 e. The summed E-state index contributed by atoms with van der Waals surface area (Å²) in [7, 11) is -3.65. The van der Waals surface area contributed by atoms with E-state index in [9.17, 15) is 39.6 Å². The highest BCUT2D eigenvalue weighted by molar-refractivity contribution is 7.91. The number of nitrogens with zero attached hydrogens (tertiary/aromatic N) is 3. The molecule has 3 aromatic heterocycles. The minimum Gasteiger partial charge on any atom is -0.477 e. The number of rotatable bonds is 3. The van der Waals surface area contributed by atoms with Crippen LogP contribution in [0.5, 0.6) is 0 Å². The van der Waals surface area contributed by atoms with Crippen LogP contribution in [0.3, 0.4) is 0 Å². The van der Waals surface area contributed by atoms with E-state index in [2.05, 4.69) is 10.1 Å². The molecule has 0 amide bonds. The third-order valence-electron chi connectivity index (χ3n) is 4.47. The average molecular weight is 588 g/mol. The monoisotopic (exact) mass is 587 g/mol. The van der Waals surface area contributed by atoms with Crippen LogP contribution >= 0.6 is 22.9 Å². The van der Waals surface area contributed by atoms with Crippen molar-refractivity contribution < 1.29 is 44.7 Å². The number of thiophene rings is 1. The molecule has 0 spiro atoms. The Morgan fingerprint density at radius 1 is 1.05 bits per heavy atom. The predicted octanol–water partition coefficient (Wildman–Crippen LogP) is 4.76. The number of primary sulfonamides is 1. The number of hydrogen-bond acceptors (Lipinski definition) is 7. The Kier molecular flexibility index (Phi) is 7.46. The SMILES string of the molecule is Nc1cc(S(N)(=O)=O)sc1Cl.O=C(O)c1cnn2c(C(F)(F)F)cc(-c3ccc(C(F)(F)F)cc3)nc12. The average Bonchev–Trinajstić information content (AvgIpc) is 3.35. The molecular formula is C19H12ClF6N5O4S2. The van der Waals surface area contributed by atoms with E-state index in [-0.39, 0.29) is 25.5 Å². The van der Waals surface area contributed by atoms with Gasteiger partial charge in [0.15, 0.2) is 11.3 Å². The summed E-state index contributed by atoms with van der Waals surface area (Å²) >= 11 is 6.36. The Balaban J connectivity index is 0.000000289. The van der Waals surface area contributed by atoms with E-state index < -0.39 is 50.8 Å². The van der Waals surface area contributed by atoms with Crippen LogP contribution in [-0.4, -0.2) is 34.1 Å². The lowest BCUT2D eigenvalue weighted by Gasteiger charge is -2.12. The van der Waals surface area contributed by atoms with Crippen molar-refractivity contribution in [1.82, 2.24) is 14.6 Å². The highest BCUT2D eigenvalue weighted by Crippen LogP contribution is 2.35. The highest BCUT2D eigenvalue weighted by Gasteiger charge is 2.36. The molecule has 198 valence electrons. The lowest BCUT2D eigenvalue weighted by Crippen LogP contribution is -2.14. The zero-order valence-electron chi connectivity index (χ0n) is 17.7. The maximum absolute atomic E-state index is 13.3. The summed E-state index contributed by atoms with van der Waals surface area (Å²) in [6.45, 7) is 0. The fraction of sp³-hybridized carbons (Fsp3) is 0.105. The Bertz CT molecular complexity index is 1560. The van der Waals surface area contributed by atoms with Gasteiger partial charge in [0.25, 0.3) is 0 Å². The molecule has 0 bridgehead atoms. The van der Waals surface area contributed by atoms with Gasteiger partial charge in [0.05, 0.1) is 23.1 Å². The Labute approximate surface area is 212 Å². The molecule has 0 radical (unpaired) electrons. The Morgan fingerprint density at radius 3 is 2.05 bits per heavy atom. The number of fused-ring (bicyclic) bond motifs is 1. The van der Waals surface area contributed by atoms with E-state index in [1.165, 1.54) is 6.07 Å². The van der Waals surface area contributed by atoms with Crippen molar-refractivity contribution in [2.75, 3.05) is 5.73 Å². The lowest BCUT2D eigenvalue weighted by molar-refractivity contribution is -0.142. The molecule has 3 heterocycles. The molecule has 4 aromatic rings. The van der Waals surface area contributed by atoms with Crippen molar-refractivity contribution in [2.45, 2.75) is 16.6 Å². The topological polar surface area (TPSA) is 154 Å². The highest BCUT2D eigenvalue weighted by atomic mass is 35.5. The minimum atomic E-state index is -4.89. The molecule has 1 aromatic carbocycles. The molecule has 4 rings (SSSR count). The molecule has 18 heteroatoms. The van der Waals surface area contributed by atoms with Gasteiger partial charge in [-0.05, 0) is 24.3 Å². The summed E-state index contributed by atoms with van der Waals surface area (Å²) in [5, 5.41) is 17.3. The van der Waals surface area contributed by atoms with Crippen molar-refractivity contribution in [3.05, 3.63) is 63.8 Å². The molecule has 5 N–H and O–H groups in total. The number of carbonyl (C=O) groups is 1. The fourth-order valence-corrected chi connectivity index (χ4v) is 4.78. The van der Waals surface area contributed by atoms with Gasteiger partial charge in [-0.2, -0.15) is 31.4 Å². The lowest BCUT2D eigenvalue weighted by atomic mass is 10.1. The maximum atomic E-state index is 13.3. The standard InChI is InChI=1S/C15H7F6N3O2.C4H5ClN2O2S2/c16-14(17,18)8-3-1-7(2-4-8)10-5-11(15(19,20)21)24-12(23-10)9(6-22-24)13(25)26;5-4-2(6)1-3(10-4)11(7,8)9/h1-6H,(H,25,26);1H,6H2,(H2,7,8,9). The maximum Gasteiger partial charge on any atom is 0.433 e. The van der Waals surface area contributed by atoms with Crippen LogP contribution in [0.2, 0.25) is 4.34 Å². The third kappa shape index (κ3) is 6.30. The number of anilines is 1. The minimum absolute atomic E-state index is 0.0139. The predicted molar refractivity (Wildman–Crippen MR) is 121 cm³/mol. The third-order valence-corrected chi connectivity index (χ3v) is 7.28. The summed E-state index contributed by atoms with van der Waals surface area (Å²) < 4.78 is 99.5. The summed E-state index contributed by atoms with van der Waals surface area (Å²) in [4.78, 5) is 15.0. The molecule has 0 atom stereocenters. The van der Waals surface area contributed by atoms with Crippen molar-refractivity contribution in [3.63, 3.8) is 0 Å². The molecule has 0 aliphatic rings. The van der Waals surface area contributed by atoms with Crippen molar-refractivity contribution >= 4 is 50.3 Å². The van der Waals surface area contributed by atoms with Crippen LogP contribution < -0.4 is 10.9 Å². The van der Waals surface area contributed by atoms with Crippen LogP contribution in [0.25, 0.3) is 16.9 Å². The number of hydrogen-bond donors (Lipinski definition) is 3. The number of alkyl halides is 6. The second-order valence-corrected chi connectivity index (χ2v) is 10.5. The summed E-state index contributed by atoms with van der Waals surface area (Å²) in [5.41, 5.74) is 1.75. The molecule has 37 heavy (non-hydrogen) atoms. The molecule has 0 saturated heterocycles. The quantitative estimate of drug-likeness (QED) is 0.292. The van der Waals surface area contributed by atoms with E-state index in [0.717, 1.165) is 29.7 Å². The molecular weight excluding hydrogens is 576 g/mol. The number of aromatic nitrogens is 3. The normalized spacial score (nSPS) is 12.3. The van der Waals surface area contributed by atoms with E-state index in [1.807, 2.05) is 0 Å². The van der Waals surface area contributed by atoms with Crippen molar-refractivity contribution in [3.8, 4) is 11.3 Å². The number of sulfonamides is 1. The first-order valence-corrected chi connectivity index (χ1v) is 12.1. The van der Waals surface area contributed by atoms with E-state index in [1.54, 1.807) is 0 Å². The van der Waals surface area contributed by atoms with Gasteiger partial charge in [0.1, 0.15) is 14.1 Å². The zero-order chi connectivity index (χ0) is 27.9. The first-order valence-electron chi connectivity index (χ1n) is 9.34. The molecule has 9 nitrogen and oxygen atoms in total. The number of nitrogens with two attached hydrogens (primary N) is 2. The van der Waals surface area contributed by atoms with E-state index in [0.29, 0.717) is 22.7 Å².